The molecule has 1 saturated heterocycles. The van der Waals surface area contributed by atoms with Gasteiger partial charge in [0, 0.05) is 29.7 Å². The summed E-state index contributed by atoms with van der Waals surface area (Å²) in [7, 11) is -3.96. The van der Waals surface area contributed by atoms with Crippen LogP contribution in [-0.4, -0.2) is 31.7 Å². The minimum Gasteiger partial charge on any atom is -0.325 e. The Balaban J connectivity index is 1.71. The van der Waals surface area contributed by atoms with E-state index in [0.717, 1.165) is 35.4 Å². The monoisotopic (exact) mass is 470 g/mol. The van der Waals surface area contributed by atoms with Gasteiger partial charge >= 0.3 is 0 Å². The molecule has 3 rings (SSSR count). The van der Waals surface area contributed by atoms with E-state index in [0.29, 0.717) is 30.4 Å². The third-order valence-corrected chi connectivity index (χ3v) is 7.93. The van der Waals surface area contributed by atoms with Crippen molar-refractivity contribution in [2.24, 2.45) is 5.92 Å². The third-order valence-electron chi connectivity index (χ3n) is 5.68. The molecule has 0 unspecified atom stereocenters. The molecule has 168 valence electrons. The summed E-state index contributed by atoms with van der Waals surface area (Å²) in [6, 6.07) is 6.25. The smallest absolute Gasteiger partial charge is 0.243 e. The fourth-order valence-electron chi connectivity index (χ4n) is 3.84. The highest BCUT2D eigenvalue weighted by Gasteiger charge is 2.33. The van der Waals surface area contributed by atoms with Crippen LogP contribution in [0.1, 0.15) is 37.8 Å². The van der Waals surface area contributed by atoms with Gasteiger partial charge in [-0.25, -0.2) is 17.2 Å². The van der Waals surface area contributed by atoms with Crippen LogP contribution in [-0.2, 0) is 27.7 Å². The van der Waals surface area contributed by atoms with Gasteiger partial charge < -0.3 is 5.32 Å². The number of carbonyl (C=O) groups excluding carboxylic acids is 1. The van der Waals surface area contributed by atoms with Crippen molar-refractivity contribution in [2.45, 2.75) is 44.4 Å². The van der Waals surface area contributed by atoms with E-state index in [4.69, 9.17) is 11.6 Å². The first-order valence-electron chi connectivity index (χ1n) is 10.2. The number of sulfonamides is 1. The summed E-state index contributed by atoms with van der Waals surface area (Å²) < 4.78 is 53.3. The maximum atomic E-state index is 13.5. The van der Waals surface area contributed by atoms with E-state index < -0.39 is 21.7 Å². The van der Waals surface area contributed by atoms with Crippen LogP contribution in [0.5, 0.6) is 0 Å². The summed E-state index contributed by atoms with van der Waals surface area (Å²) in [5, 5.41) is 3.61. The maximum Gasteiger partial charge on any atom is 0.243 e. The number of hydrogen-bond acceptors (Lipinski definition) is 3. The number of halogens is 3. The van der Waals surface area contributed by atoms with Crippen molar-refractivity contribution in [1.82, 2.24) is 4.31 Å². The van der Waals surface area contributed by atoms with E-state index in [9.17, 15) is 22.0 Å². The van der Waals surface area contributed by atoms with Crippen molar-refractivity contribution in [3.63, 3.8) is 0 Å². The lowest BCUT2D eigenvalue weighted by Gasteiger charge is -2.31. The van der Waals surface area contributed by atoms with Crippen molar-refractivity contribution in [1.29, 1.82) is 0 Å². The van der Waals surface area contributed by atoms with Crippen LogP contribution >= 0.6 is 11.6 Å². The summed E-state index contributed by atoms with van der Waals surface area (Å²) in [6.07, 6.45) is 2.08. The molecule has 2 aromatic rings. The molecule has 1 aliphatic heterocycles. The van der Waals surface area contributed by atoms with Gasteiger partial charge in [0.2, 0.25) is 15.9 Å². The summed E-state index contributed by atoms with van der Waals surface area (Å²) in [5.74, 6) is -2.84. The Labute approximate surface area is 186 Å². The van der Waals surface area contributed by atoms with Crippen LogP contribution in [0.3, 0.4) is 0 Å². The minimum absolute atomic E-state index is 0.121. The number of nitrogens with zero attached hydrogens (tertiary/aromatic N) is 1. The van der Waals surface area contributed by atoms with Gasteiger partial charge in [-0.1, -0.05) is 31.5 Å². The average Bonchev–Trinajstić information content (AvgIpc) is 2.76. The van der Waals surface area contributed by atoms with Gasteiger partial charge in [-0.2, -0.15) is 4.31 Å². The van der Waals surface area contributed by atoms with Crippen LogP contribution in [0.25, 0.3) is 0 Å². The van der Waals surface area contributed by atoms with Crippen molar-refractivity contribution in [2.75, 3.05) is 18.4 Å². The Morgan fingerprint density at radius 3 is 2.35 bits per heavy atom. The third kappa shape index (κ3) is 4.91. The van der Waals surface area contributed by atoms with E-state index in [-0.39, 0.29) is 29.8 Å². The minimum atomic E-state index is -3.96. The van der Waals surface area contributed by atoms with E-state index in [1.807, 2.05) is 26.0 Å². The van der Waals surface area contributed by atoms with Crippen molar-refractivity contribution < 1.29 is 22.0 Å². The first kappa shape index (κ1) is 23.6. The molecule has 0 atom stereocenters. The maximum absolute atomic E-state index is 13.5. The van der Waals surface area contributed by atoms with Crippen LogP contribution in [0, 0.1) is 17.6 Å². The van der Waals surface area contributed by atoms with Crippen LogP contribution in [0.4, 0.5) is 14.5 Å². The van der Waals surface area contributed by atoms with Crippen molar-refractivity contribution in [3.8, 4) is 0 Å². The predicted molar refractivity (Wildman–Crippen MR) is 117 cm³/mol. The van der Waals surface area contributed by atoms with Gasteiger partial charge in [0.05, 0.1) is 4.90 Å². The summed E-state index contributed by atoms with van der Waals surface area (Å²) in [4.78, 5) is 12.6. The van der Waals surface area contributed by atoms with Gasteiger partial charge in [0.1, 0.15) is 0 Å². The molecule has 5 nitrogen and oxygen atoms in total. The molecular weight excluding hydrogens is 446 g/mol. The number of amides is 1. The van der Waals surface area contributed by atoms with Gasteiger partial charge in [0.15, 0.2) is 11.6 Å². The molecule has 0 aliphatic carbocycles. The Morgan fingerprint density at radius 1 is 1.10 bits per heavy atom. The largest absolute Gasteiger partial charge is 0.325 e. The summed E-state index contributed by atoms with van der Waals surface area (Å²) in [6.45, 7) is 4.21. The van der Waals surface area contributed by atoms with Crippen molar-refractivity contribution >= 4 is 33.2 Å². The molecule has 1 N–H and O–H groups in total. The molecule has 1 fully saturated rings. The Hall–Kier alpha value is -2.03. The zero-order valence-corrected chi connectivity index (χ0v) is 19.0. The second-order valence-electron chi connectivity index (χ2n) is 7.51. The lowest BCUT2D eigenvalue weighted by Crippen LogP contribution is -2.41. The standard InChI is InChI=1S/C22H25ClF2N2O3S/c1-3-14-5-7-18(23)17(4-2)21(14)26-22(28)15-9-11-27(12-10-15)31(29,30)16-6-8-19(24)20(25)13-16/h5-8,13,15H,3-4,9-12H2,1-2H3,(H,26,28). The Bertz CT molecular complexity index is 1080. The van der Waals surface area contributed by atoms with E-state index >= 15 is 0 Å². The quantitative estimate of drug-likeness (QED) is 0.660. The molecule has 9 heteroatoms. The normalized spacial score (nSPS) is 15.8. The number of benzene rings is 2. The highest BCUT2D eigenvalue weighted by atomic mass is 35.5. The van der Waals surface area contributed by atoms with Crippen LogP contribution < -0.4 is 5.32 Å². The topological polar surface area (TPSA) is 66.5 Å². The molecule has 1 heterocycles. The van der Waals surface area contributed by atoms with Gasteiger partial charge in [-0.3, -0.25) is 4.79 Å². The zero-order valence-electron chi connectivity index (χ0n) is 17.4. The SMILES string of the molecule is CCc1ccc(Cl)c(CC)c1NC(=O)C1CCN(S(=O)(=O)c2ccc(F)c(F)c2)CC1. The number of hydrogen-bond donors (Lipinski definition) is 1. The number of anilines is 1. The molecule has 0 saturated carbocycles. The van der Waals surface area contributed by atoms with Gasteiger partial charge in [0.25, 0.3) is 0 Å². The van der Waals surface area contributed by atoms with Crippen molar-refractivity contribution in [3.05, 3.63) is 58.1 Å². The fourth-order valence-corrected chi connectivity index (χ4v) is 5.61. The average molecular weight is 471 g/mol. The second-order valence-corrected chi connectivity index (χ2v) is 9.86. The number of aryl methyl sites for hydroxylation is 1. The van der Waals surface area contributed by atoms with E-state index in [2.05, 4.69) is 5.32 Å². The molecule has 1 aliphatic rings. The molecule has 31 heavy (non-hydrogen) atoms. The molecule has 2 aromatic carbocycles. The number of carbonyl (C=O) groups is 1. The molecule has 0 aromatic heterocycles. The summed E-state index contributed by atoms with van der Waals surface area (Å²) in [5.41, 5.74) is 2.61. The predicted octanol–water partition coefficient (Wildman–Crippen LogP) is 4.78. The second kappa shape index (κ2) is 9.63. The number of nitrogens with one attached hydrogen (secondary N) is 1. The molecule has 0 spiro atoms. The first-order valence-corrected chi connectivity index (χ1v) is 12.1. The van der Waals surface area contributed by atoms with Gasteiger partial charge in [-0.15, -0.1) is 0 Å². The van der Waals surface area contributed by atoms with Gasteiger partial charge in [-0.05, 0) is 61.1 Å². The molecular formula is C22H25ClF2N2O3S. The molecule has 1 amide bonds. The zero-order chi connectivity index (χ0) is 22.8. The van der Waals surface area contributed by atoms with Crippen LogP contribution in [0.15, 0.2) is 35.2 Å². The summed E-state index contributed by atoms with van der Waals surface area (Å²) >= 11 is 6.30. The highest BCUT2D eigenvalue weighted by Crippen LogP contribution is 2.31. The fraction of sp³-hybridized carbons (Fsp3) is 0.409. The Kier molecular flexibility index (Phi) is 7.34. The first-order chi connectivity index (χ1) is 14.7. The van der Waals surface area contributed by atoms with E-state index in [1.54, 1.807) is 0 Å². The number of rotatable bonds is 6. The lowest BCUT2D eigenvalue weighted by molar-refractivity contribution is -0.120. The number of piperidine rings is 1. The molecule has 0 bridgehead atoms. The van der Waals surface area contributed by atoms with E-state index in [1.165, 1.54) is 4.31 Å². The van der Waals surface area contributed by atoms with Crippen LogP contribution in [0.2, 0.25) is 5.02 Å². The lowest BCUT2D eigenvalue weighted by atomic mass is 9.96. The highest BCUT2D eigenvalue weighted by molar-refractivity contribution is 7.89. The Morgan fingerprint density at radius 2 is 1.77 bits per heavy atom. The molecule has 0 radical (unpaired) electrons.